The standard InChI is InChI=1S/C19H16N2O3/c22-12-17(23)13-6-8-15(9-7-13)19(24)21-11-16-4-1-3-14-5-2-10-20-18(14)16/h1-10,22H,11-12H2,(H,21,24). The summed E-state index contributed by atoms with van der Waals surface area (Å²) < 4.78 is 0. The molecular formula is C19H16N2O3. The van der Waals surface area contributed by atoms with Crippen molar-refractivity contribution < 1.29 is 14.7 Å². The average molecular weight is 320 g/mol. The molecule has 0 radical (unpaired) electrons. The average Bonchev–Trinajstić information content (AvgIpc) is 2.65. The van der Waals surface area contributed by atoms with Gasteiger partial charge in [-0.15, -0.1) is 0 Å². The minimum atomic E-state index is -0.542. The number of Topliss-reactive ketones (excluding diaryl/α,β-unsaturated/α-hetero) is 1. The van der Waals surface area contributed by atoms with Crippen LogP contribution in [0.5, 0.6) is 0 Å². The van der Waals surface area contributed by atoms with Gasteiger partial charge < -0.3 is 10.4 Å². The fraction of sp³-hybridized carbons (Fsp3) is 0.105. The van der Waals surface area contributed by atoms with Crippen LogP contribution in [0.1, 0.15) is 26.3 Å². The highest BCUT2D eigenvalue weighted by molar-refractivity contribution is 5.99. The van der Waals surface area contributed by atoms with Gasteiger partial charge in [-0.05, 0) is 23.8 Å². The Morgan fingerprint density at radius 1 is 0.958 bits per heavy atom. The number of carbonyl (C=O) groups is 2. The van der Waals surface area contributed by atoms with Crippen LogP contribution in [0.15, 0.2) is 60.8 Å². The molecule has 3 rings (SSSR count). The summed E-state index contributed by atoms with van der Waals surface area (Å²) in [6, 6.07) is 15.9. The maximum Gasteiger partial charge on any atom is 0.251 e. The Labute approximate surface area is 139 Å². The van der Waals surface area contributed by atoms with Crippen LogP contribution >= 0.6 is 0 Å². The topological polar surface area (TPSA) is 79.3 Å². The van der Waals surface area contributed by atoms with Crippen LogP contribution in [-0.2, 0) is 6.54 Å². The third-order valence-electron chi connectivity index (χ3n) is 3.77. The van der Waals surface area contributed by atoms with Gasteiger partial charge in [0.25, 0.3) is 5.91 Å². The molecule has 120 valence electrons. The van der Waals surface area contributed by atoms with E-state index in [0.29, 0.717) is 17.7 Å². The molecule has 0 aliphatic heterocycles. The molecule has 0 aliphatic carbocycles. The van der Waals surface area contributed by atoms with Crippen LogP contribution in [-0.4, -0.2) is 28.4 Å². The Bertz CT molecular complexity index is 883. The molecule has 5 nitrogen and oxygen atoms in total. The van der Waals surface area contributed by atoms with Gasteiger partial charge >= 0.3 is 0 Å². The van der Waals surface area contributed by atoms with Crippen LogP contribution in [0.2, 0.25) is 0 Å². The van der Waals surface area contributed by atoms with Crippen molar-refractivity contribution in [2.24, 2.45) is 0 Å². The normalized spacial score (nSPS) is 10.5. The molecule has 1 heterocycles. The van der Waals surface area contributed by atoms with E-state index in [9.17, 15) is 9.59 Å². The summed E-state index contributed by atoms with van der Waals surface area (Å²) in [7, 11) is 0. The van der Waals surface area contributed by atoms with E-state index in [1.165, 1.54) is 12.1 Å². The van der Waals surface area contributed by atoms with Crippen LogP contribution in [0, 0.1) is 0 Å². The quantitative estimate of drug-likeness (QED) is 0.707. The zero-order valence-electron chi connectivity index (χ0n) is 12.9. The van der Waals surface area contributed by atoms with Gasteiger partial charge in [-0.3, -0.25) is 14.6 Å². The van der Waals surface area contributed by atoms with E-state index >= 15 is 0 Å². The molecule has 0 spiro atoms. The fourth-order valence-electron chi connectivity index (χ4n) is 2.49. The van der Waals surface area contributed by atoms with E-state index in [-0.39, 0.29) is 11.7 Å². The summed E-state index contributed by atoms with van der Waals surface area (Å²) in [5.41, 5.74) is 2.64. The van der Waals surface area contributed by atoms with Crippen molar-refractivity contribution in [1.82, 2.24) is 10.3 Å². The van der Waals surface area contributed by atoms with E-state index in [1.807, 2.05) is 30.3 Å². The monoisotopic (exact) mass is 320 g/mol. The van der Waals surface area contributed by atoms with Gasteiger partial charge in [0.05, 0.1) is 5.52 Å². The molecule has 0 unspecified atom stereocenters. The second-order valence-corrected chi connectivity index (χ2v) is 5.33. The lowest BCUT2D eigenvalue weighted by molar-refractivity contribution is 0.0901. The largest absolute Gasteiger partial charge is 0.388 e. The van der Waals surface area contributed by atoms with Gasteiger partial charge in [0.2, 0.25) is 0 Å². The van der Waals surface area contributed by atoms with Gasteiger partial charge in [0.1, 0.15) is 6.61 Å². The van der Waals surface area contributed by atoms with Crippen molar-refractivity contribution in [2.45, 2.75) is 6.54 Å². The van der Waals surface area contributed by atoms with Gasteiger partial charge in [-0.25, -0.2) is 0 Å². The molecule has 0 saturated carbocycles. The van der Waals surface area contributed by atoms with Crippen LogP contribution in [0.3, 0.4) is 0 Å². The molecule has 2 N–H and O–H groups in total. The number of aliphatic hydroxyl groups is 1. The van der Waals surface area contributed by atoms with Gasteiger partial charge in [0, 0.05) is 29.3 Å². The molecule has 2 aromatic carbocycles. The van der Waals surface area contributed by atoms with Crippen molar-refractivity contribution in [3.05, 3.63) is 77.5 Å². The summed E-state index contributed by atoms with van der Waals surface area (Å²) in [5, 5.41) is 12.7. The van der Waals surface area contributed by atoms with E-state index in [2.05, 4.69) is 10.3 Å². The Balaban J connectivity index is 1.72. The molecule has 1 aromatic heterocycles. The number of amides is 1. The number of para-hydroxylation sites is 1. The number of nitrogens with zero attached hydrogens (tertiary/aromatic N) is 1. The minimum Gasteiger partial charge on any atom is -0.388 e. The van der Waals surface area contributed by atoms with Crippen LogP contribution in [0.25, 0.3) is 10.9 Å². The number of ketones is 1. The Hall–Kier alpha value is -3.05. The highest BCUT2D eigenvalue weighted by atomic mass is 16.3. The Kier molecular flexibility index (Phi) is 4.63. The first-order valence-corrected chi connectivity index (χ1v) is 7.54. The number of hydrogen-bond donors (Lipinski definition) is 2. The van der Waals surface area contributed by atoms with Crippen LogP contribution < -0.4 is 5.32 Å². The lowest BCUT2D eigenvalue weighted by Gasteiger charge is -2.08. The van der Waals surface area contributed by atoms with E-state index in [0.717, 1.165) is 16.5 Å². The minimum absolute atomic E-state index is 0.231. The summed E-state index contributed by atoms with van der Waals surface area (Å²) in [4.78, 5) is 28.0. The predicted octanol–water partition coefficient (Wildman–Crippen LogP) is 2.34. The maximum atomic E-state index is 12.2. The summed E-state index contributed by atoms with van der Waals surface area (Å²) >= 11 is 0. The molecule has 0 aliphatic rings. The third-order valence-corrected chi connectivity index (χ3v) is 3.77. The molecule has 0 fully saturated rings. The van der Waals surface area contributed by atoms with Crippen LogP contribution in [0.4, 0.5) is 0 Å². The van der Waals surface area contributed by atoms with Gasteiger partial charge in [-0.2, -0.15) is 0 Å². The lowest BCUT2D eigenvalue weighted by atomic mass is 10.1. The summed E-state index contributed by atoms with van der Waals surface area (Å²) in [6.07, 6.45) is 1.73. The molecule has 0 bridgehead atoms. The molecule has 3 aromatic rings. The highest BCUT2D eigenvalue weighted by Crippen LogP contribution is 2.15. The molecule has 0 atom stereocenters. The number of aliphatic hydroxyl groups excluding tert-OH is 1. The van der Waals surface area contributed by atoms with Crippen molar-refractivity contribution >= 4 is 22.6 Å². The number of carbonyl (C=O) groups excluding carboxylic acids is 2. The van der Waals surface area contributed by atoms with Crippen molar-refractivity contribution in [2.75, 3.05) is 6.61 Å². The molecule has 0 saturated heterocycles. The van der Waals surface area contributed by atoms with E-state index in [4.69, 9.17) is 5.11 Å². The zero-order valence-corrected chi connectivity index (χ0v) is 12.9. The third kappa shape index (κ3) is 3.31. The number of nitrogens with one attached hydrogen (secondary N) is 1. The molecule has 1 amide bonds. The SMILES string of the molecule is O=C(CO)c1ccc(C(=O)NCc2cccc3cccnc23)cc1. The fourth-order valence-corrected chi connectivity index (χ4v) is 2.49. The van der Waals surface area contributed by atoms with Gasteiger partial charge in [-0.1, -0.05) is 36.4 Å². The summed E-state index contributed by atoms with van der Waals surface area (Å²) in [5.74, 6) is -0.602. The van der Waals surface area contributed by atoms with E-state index in [1.54, 1.807) is 18.3 Å². The zero-order chi connectivity index (χ0) is 16.9. The van der Waals surface area contributed by atoms with Crippen molar-refractivity contribution in [1.29, 1.82) is 0 Å². The first-order valence-electron chi connectivity index (χ1n) is 7.54. The highest BCUT2D eigenvalue weighted by Gasteiger charge is 2.09. The van der Waals surface area contributed by atoms with E-state index < -0.39 is 6.61 Å². The second-order valence-electron chi connectivity index (χ2n) is 5.33. The first kappa shape index (κ1) is 15.8. The number of pyridine rings is 1. The first-order chi connectivity index (χ1) is 11.7. The smallest absolute Gasteiger partial charge is 0.251 e. The molecule has 24 heavy (non-hydrogen) atoms. The molecule has 5 heteroatoms. The second kappa shape index (κ2) is 7.02. The number of hydrogen-bond acceptors (Lipinski definition) is 4. The maximum absolute atomic E-state index is 12.2. The van der Waals surface area contributed by atoms with Crippen molar-refractivity contribution in [3.8, 4) is 0 Å². The lowest BCUT2D eigenvalue weighted by Crippen LogP contribution is -2.23. The Morgan fingerprint density at radius 3 is 2.42 bits per heavy atom. The number of aromatic nitrogens is 1. The van der Waals surface area contributed by atoms with Gasteiger partial charge in [0.15, 0.2) is 5.78 Å². The molecular weight excluding hydrogens is 304 g/mol. The van der Waals surface area contributed by atoms with Crippen molar-refractivity contribution in [3.63, 3.8) is 0 Å². The number of fused-ring (bicyclic) bond motifs is 1. The number of rotatable bonds is 5. The summed E-state index contributed by atoms with van der Waals surface area (Å²) in [6.45, 7) is -0.176. The number of benzene rings is 2. The Morgan fingerprint density at radius 2 is 1.67 bits per heavy atom. The predicted molar refractivity (Wildman–Crippen MR) is 90.8 cm³/mol.